The van der Waals surface area contributed by atoms with Gasteiger partial charge < -0.3 is 29.2 Å². The molecule has 3 heterocycles. The van der Waals surface area contributed by atoms with E-state index in [0.717, 1.165) is 32.1 Å². The summed E-state index contributed by atoms with van der Waals surface area (Å²) < 4.78 is 23.8. The van der Waals surface area contributed by atoms with Crippen LogP contribution in [0.3, 0.4) is 0 Å². The monoisotopic (exact) mass is 664 g/mol. The minimum Gasteiger partial charge on any atom is -0.497 e. The van der Waals surface area contributed by atoms with Crippen molar-refractivity contribution >= 4 is 35.1 Å². The van der Waals surface area contributed by atoms with Crippen molar-refractivity contribution in [2.45, 2.75) is 105 Å². The number of fused-ring (bicyclic) bond motifs is 5. The van der Waals surface area contributed by atoms with Gasteiger partial charge in [-0.15, -0.1) is 0 Å². The van der Waals surface area contributed by atoms with Gasteiger partial charge in [-0.25, -0.2) is 19.6 Å². The number of methoxy groups -OCH3 is 1. The molecule has 5 rings (SSSR count). The molecule has 48 heavy (non-hydrogen) atoms. The molecule has 2 fully saturated rings. The Hall–Kier alpha value is -3.89. The Kier molecular flexibility index (Phi) is 10.8. The van der Waals surface area contributed by atoms with E-state index in [9.17, 15) is 14.4 Å². The van der Waals surface area contributed by atoms with Gasteiger partial charge in [-0.3, -0.25) is 4.79 Å². The molecular weight excluding hydrogens is 612 g/mol. The smallest absolute Gasteiger partial charge is 0.408 e. The first-order valence-electron chi connectivity index (χ1n) is 17.4. The molecule has 1 saturated carbocycles. The lowest BCUT2D eigenvalue weighted by atomic mass is 9.85. The Morgan fingerprint density at radius 3 is 2.56 bits per heavy atom. The number of alkyl carbamates (subject to hydrolysis) is 1. The van der Waals surface area contributed by atoms with E-state index < -0.39 is 47.5 Å². The molecule has 0 spiro atoms. The van der Waals surface area contributed by atoms with Crippen LogP contribution >= 0.6 is 0 Å². The van der Waals surface area contributed by atoms with E-state index in [1.54, 1.807) is 13.2 Å². The predicted molar refractivity (Wildman–Crippen MR) is 182 cm³/mol. The standard InChI is InChI=1S/C37H52N4O7/c1-21(2)20-46-35(43)31-23(4)30-19-41(31)34(42)32(37(5,6)7)40-36(44)48-29-17-22(3)16-24(29)12-10-9-11-13-27-33(47-30)39-28-18-25(45-8)14-15-26(28)38-27/h11,13-15,18,21-24,29-32H,9-10,12,16-17,19-20H2,1-8H3,(H,40,44)/t22-,23-,24-,29-,30+,31+,32-/m1/s1. The summed E-state index contributed by atoms with van der Waals surface area (Å²) in [5.41, 5.74) is 1.18. The Morgan fingerprint density at radius 2 is 1.85 bits per heavy atom. The van der Waals surface area contributed by atoms with Crippen molar-refractivity contribution in [2.24, 2.45) is 29.1 Å². The molecule has 1 aliphatic carbocycles. The molecule has 2 amide bonds. The molecule has 11 nitrogen and oxygen atoms in total. The molecule has 1 aromatic heterocycles. The highest BCUT2D eigenvalue weighted by Gasteiger charge is 2.51. The zero-order valence-electron chi connectivity index (χ0n) is 29.7. The van der Waals surface area contributed by atoms with Crippen LogP contribution in [0.4, 0.5) is 4.79 Å². The zero-order chi connectivity index (χ0) is 34.7. The molecule has 1 saturated heterocycles. The average Bonchev–Trinajstić information content (AvgIpc) is 3.54. The molecule has 0 radical (unpaired) electrons. The van der Waals surface area contributed by atoms with E-state index in [1.165, 1.54) is 4.90 Å². The van der Waals surface area contributed by atoms with Gasteiger partial charge in [0.05, 0.1) is 31.3 Å². The first-order valence-corrected chi connectivity index (χ1v) is 17.4. The fourth-order valence-corrected chi connectivity index (χ4v) is 7.10. The average molecular weight is 665 g/mol. The van der Waals surface area contributed by atoms with Crippen LogP contribution in [0.1, 0.15) is 86.3 Å². The van der Waals surface area contributed by atoms with Crippen molar-refractivity contribution in [1.82, 2.24) is 20.2 Å². The van der Waals surface area contributed by atoms with E-state index in [0.29, 0.717) is 34.3 Å². The van der Waals surface area contributed by atoms with Crippen LogP contribution in [0.5, 0.6) is 11.6 Å². The van der Waals surface area contributed by atoms with Crippen LogP contribution in [0.15, 0.2) is 24.3 Å². The first-order chi connectivity index (χ1) is 22.7. The molecule has 2 bridgehead atoms. The van der Waals surface area contributed by atoms with E-state index >= 15 is 0 Å². The number of nitrogens with zero attached hydrogens (tertiary/aromatic N) is 3. The Balaban J connectivity index is 1.56. The van der Waals surface area contributed by atoms with Crippen LogP contribution < -0.4 is 14.8 Å². The second kappa shape index (κ2) is 14.7. The molecule has 1 N–H and O–H groups in total. The fourth-order valence-electron chi connectivity index (χ4n) is 7.10. The van der Waals surface area contributed by atoms with Gasteiger partial charge in [-0.1, -0.05) is 54.5 Å². The first kappa shape index (κ1) is 35.4. The van der Waals surface area contributed by atoms with E-state index in [4.69, 9.17) is 28.9 Å². The molecule has 7 atom stereocenters. The largest absolute Gasteiger partial charge is 0.497 e. The van der Waals surface area contributed by atoms with Gasteiger partial charge >= 0.3 is 12.1 Å². The number of allylic oxidation sites excluding steroid dienone is 1. The highest BCUT2D eigenvalue weighted by atomic mass is 16.6. The van der Waals surface area contributed by atoms with E-state index in [2.05, 4.69) is 18.3 Å². The molecule has 11 heteroatoms. The highest BCUT2D eigenvalue weighted by molar-refractivity contribution is 5.91. The summed E-state index contributed by atoms with van der Waals surface area (Å²) >= 11 is 0. The third-order valence-electron chi connectivity index (χ3n) is 9.73. The van der Waals surface area contributed by atoms with Crippen molar-refractivity contribution in [3.63, 3.8) is 0 Å². The summed E-state index contributed by atoms with van der Waals surface area (Å²) in [5.74, 6) is 0.386. The van der Waals surface area contributed by atoms with E-state index in [-0.39, 0.29) is 31.1 Å². The fraction of sp³-hybridized carbons (Fsp3) is 0.649. The van der Waals surface area contributed by atoms with Crippen LogP contribution in [-0.4, -0.2) is 77.4 Å². The molecule has 0 unspecified atom stereocenters. The minimum absolute atomic E-state index is 0.0912. The lowest BCUT2D eigenvalue weighted by molar-refractivity contribution is -0.156. The summed E-state index contributed by atoms with van der Waals surface area (Å²) in [6, 6.07) is 3.62. The van der Waals surface area contributed by atoms with Gasteiger partial charge in [0.2, 0.25) is 11.8 Å². The predicted octanol–water partition coefficient (Wildman–Crippen LogP) is 6.18. The third-order valence-corrected chi connectivity index (χ3v) is 9.73. The maximum Gasteiger partial charge on any atom is 0.408 e. The molecule has 3 aliphatic rings. The molecule has 2 aliphatic heterocycles. The van der Waals surface area contributed by atoms with Gasteiger partial charge in [0.15, 0.2) is 0 Å². The van der Waals surface area contributed by atoms with Crippen LogP contribution in [-0.2, 0) is 19.1 Å². The number of aromatic nitrogens is 2. The van der Waals surface area contributed by atoms with Gasteiger partial charge in [0.25, 0.3) is 0 Å². The van der Waals surface area contributed by atoms with Crippen molar-refractivity contribution in [3.8, 4) is 11.6 Å². The van der Waals surface area contributed by atoms with Gasteiger partial charge in [0.1, 0.15) is 35.7 Å². The van der Waals surface area contributed by atoms with Crippen LogP contribution in [0, 0.1) is 29.1 Å². The number of ether oxygens (including phenoxy) is 4. The van der Waals surface area contributed by atoms with E-state index in [1.807, 2.05) is 59.8 Å². The second-order valence-electron chi connectivity index (χ2n) is 15.3. The molecular formula is C37H52N4O7. The summed E-state index contributed by atoms with van der Waals surface area (Å²) in [4.78, 5) is 52.9. The molecule has 1 aromatic carbocycles. The van der Waals surface area contributed by atoms with Crippen LogP contribution in [0.25, 0.3) is 17.1 Å². The third kappa shape index (κ3) is 8.04. The van der Waals surface area contributed by atoms with Crippen LogP contribution in [0.2, 0.25) is 0 Å². The minimum atomic E-state index is -0.959. The highest BCUT2D eigenvalue weighted by Crippen LogP contribution is 2.38. The number of esters is 1. The topological polar surface area (TPSA) is 129 Å². The molecule has 2 aromatic rings. The Morgan fingerprint density at radius 1 is 1.08 bits per heavy atom. The zero-order valence-corrected chi connectivity index (χ0v) is 29.7. The van der Waals surface area contributed by atoms with Crippen molar-refractivity contribution < 1.29 is 33.3 Å². The summed E-state index contributed by atoms with van der Waals surface area (Å²) in [6.07, 6.45) is 6.96. The van der Waals surface area contributed by atoms with Gasteiger partial charge in [-0.05, 0) is 73.5 Å². The summed E-state index contributed by atoms with van der Waals surface area (Å²) in [5, 5.41) is 2.90. The number of benzene rings is 1. The number of rotatable bonds is 4. The number of amides is 2. The maximum atomic E-state index is 14.5. The molecule has 262 valence electrons. The van der Waals surface area contributed by atoms with Crippen molar-refractivity contribution in [2.75, 3.05) is 20.3 Å². The number of carbonyl (C=O) groups excluding carboxylic acids is 3. The Labute approximate surface area is 284 Å². The second-order valence-corrected chi connectivity index (χ2v) is 15.3. The van der Waals surface area contributed by atoms with Gasteiger partial charge in [0, 0.05) is 12.0 Å². The quantitative estimate of drug-likeness (QED) is 0.381. The number of carbonyl (C=O) groups is 3. The normalized spacial score (nSPS) is 28.5. The lowest BCUT2D eigenvalue weighted by Crippen LogP contribution is -2.57. The maximum absolute atomic E-state index is 14.5. The van der Waals surface area contributed by atoms with Crippen molar-refractivity contribution in [1.29, 1.82) is 0 Å². The number of nitrogens with one attached hydrogen (secondary N) is 1. The summed E-state index contributed by atoms with van der Waals surface area (Å²) in [6.45, 7) is 14.0. The van der Waals surface area contributed by atoms with Crippen molar-refractivity contribution in [3.05, 3.63) is 30.0 Å². The Bertz CT molecular complexity index is 1520. The summed E-state index contributed by atoms with van der Waals surface area (Å²) in [7, 11) is 1.60. The SMILES string of the molecule is COc1ccc2nc3c(nc2c1)O[C@H]1CN(C(=O)[C@H](C(C)(C)C)NC(=O)O[C@@H]2C[C@H](C)C[C@H]2CCCC=C3)[C@H](C(=O)OCC(C)C)[C@@H]1C. The number of hydrogen-bond acceptors (Lipinski definition) is 9. The number of hydrogen-bond donors (Lipinski definition) is 1. The van der Waals surface area contributed by atoms with Gasteiger partial charge in [-0.2, -0.15) is 0 Å². The lowest BCUT2D eigenvalue weighted by Gasteiger charge is -2.35.